The Morgan fingerprint density at radius 1 is 1.24 bits per heavy atom. The second-order valence-corrected chi connectivity index (χ2v) is 8.75. The smallest absolute Gasteiger partial charge is 0.274 e. The van der Waals surface area contributed by atoms with Crippen molar-refractivity contribution in [3.05, 3.63) is 49.3 Å². The summed E-state index contributed by atoms with van der Waals surface area (Å²) in [5, 5.41) is 10.9. The highest BCUT2D eigenvalue weighted by Gasteiger charge is 2.20. The van der Waals surface area contributed by atoms with Crippen LogP contribution in [0.1, 0.15) is 11.1 Å². The third-order valence-electron chi connectivity index (χ3n) is 2.80. The van der Waals surface area contributed by atoms with Crippen LogP contribution in [-0.2, 0) is 10.0 Å². The Morgan fingerprint density at radius 3 is 2.43 bits per heavy atom. The van der Waals surface area contributed by atoms with E-state index in [1.54, 1.807) is 26.0 Å². The van der Waals surface area contributed by atoms with Gasteiger partial charge in [0.2, 0.25) is 0 Å². The number of nitro groups is 1. The number of hydrogen-bond acceptors (Lipinski definition) is 5. The summed E-state index contributed by atoms with van der Waals surface area (Å²) in [4.78, 5) is 10.4. The van der Waals surface area contributed by atoms with E-state index in [1.165, 1.54) is 12.1 Å². The van der Waals surface area contributed by atoms with Crippen molar-refractivity contribution >= 4 is 48.7 Å². The number of nitro benzene ring substituents is 1. The predicted octanol–water partition coefficient (Wildman–Crippen LogP) is 3.84. The van der Waals surface area contributed by atoms with Crippen LogP contribution < -0.4 is 4.72 Å². The molecule has 2 rings (SSSR count). The molecule has 0 amide bonds. The molecule has 6 nitrogen and oxygen atoms in total. The molecule has 1 aromatic carbocycles. The monoisotopic (exact) mass is 390 g/mol. The van der Waals surface area contributed by atoms with Gasteiger partial charge < -0.3 is 0 Å². The molecule has 0 fully saturated rings. The average molecular weight is 391 g/mol. The zero-order chi connectivity index (χ0) is 15.8. The predicted molar refractivity (Wildman–Crippen MR) is 85.4 cm³/mol. The molecular weight excluding hydrogens is 380 g/mol. The van der Waals surface area contributed by atoms with Gasteiger partial charge in [-0.15, -0.1) is 11.3 Å². The second-order valence-electron chi connectivity index (χ2n) is 4.37. The van der Waals surface area contributed by atoms with E-state index < -0.39 is 14.9 Å². The van der Waals surface area contributed by atoms with E-state index in [-0.39, 0.29) is 15.6 Å². The average Bonchev–Trinajstić information content (AvgIpc) is 2.79. The van der Waals surface area contributed by atoms with E-state index in [2.05, 4.69) is 20.7 Å². The van der Waals surface area contributed by atoms with Gasteiger partial charge in [0, 0.05) is 11.6 Å². The lowest BCUT2D eigenvalue weighted by Crippen LogP contribution is -2.12. The maximum atomic E-state index is 12.2. The Bertz CT molecular complexity index is 815. The highest BCUT2D eigenvalue weighted by atomic mass is 79.9. The fraction of sp³-hybridized carbons (Fsp3) is 0.167. The first-order chi connectivity index (χ1) is 9.70. The maximum absolute atomic E-state index is 12.2. The summed E-state index contributed by atoms with van der Waals surface area (Å²) in [5.74, 6) is 0. The lowest BCUT2D eigenvalue weighted by Gasteiger charge is -2.10. The molecule has 0 bridgehead atoms. The number of hydrogen-bond donors (Lipinski definition) is 1. The van der Waals surface area contributed by atoms with Gasteiger partial charge >= 0.3 is 0 Å². The molecule has 0 saturated heterocycles. The van der Waals surface area contributed by atoms with Gasteiger partial charge in [-0.05, 0) is 53.5 Å². The molecule has 0 aliphatic rings. The Hall–Kier alpha value is -1.45. The summed E-state index contributed by atoms with van der Waals surface area (Å²) in [7, 11) is -3.75. The van der Waals surface area contributed by atoms with Crippen molar-refractivity contribution in [3.63, 3.8) is 0 Å². The zero-order valence-electron chi connectivity index (χ0n) is 11.1. The summed E-state index contributed by atoms with van der Waals surface area (Å²) in [6.07, 6.45) is 0. The lowest BCUT2D eigenvalue weighted by atomic mass is 10.1. The molecule has 1 heterocycles. The number of halogens is 1. The van der Waals surface area contributed by atoms with Crippen LogP contribution in [-0.4, -0.2) is 13.3 Å². The third kappa shape index (κ3) is 3.42. The largest absolute Gasteiger partial charge is 0.278 e. The van der Waals surface area contributed by atoms with Gasteiger partial charge in [0.25, 0.3) is 15.7 Å². The molecule has 9 heteroatoms. The number of thiophene rings is 1. The summed E-state index contributed by atoms with van der Waals surface area (Å²) >= 11 is 4.27. The quantitative estimate of drug-likeness (QED) is 0.634. The van der Waals surface area contributed by atoms with E-state index >= 15 is 0 Å². The highest BCUT2D eigenvalue weighted by Crippen LogP contribution is 2.31. The fourth-order valence-electron chi connectivity index (χ4n) is 1.78. The number of nitrogens with one attached hydrogen (secondary N) is 1. The van der Waals surface area contributed by atoms with Gasteiger partial charge in [0.1, 0.15) is 4.21 Å². The van der Waals surface area contributed by atoms with Crippen LogP contribution in [0.25, 0.3) is 0 Å². The molecular formula is C12H11BrN2O4S2. The van der Waals surface area contributed by atoms with E-state index in [0.29, 0.717) is 14.9 Å². The number of aryl methyl sites for hydroxylation is 2. The lowest BCUT2D eigenvalue weighted by molar-refractivity contribution is -0.385. The maximum Gasteiger partial charge on any atom is 0.274 e. The van der Waals surface area contributed by atoms with Crippen LogP contribution in [0.4, 0.5) is 11.4 Å². The molecule has 1 N–H and O–H groups in total. The minimum absolute atomic E-state index is 0.120. The van der Waals surface area contributed by atoms with Crippen molar-refractivity contribution in [2.24, 2.45) is 0 Å². The summed E-state index contributed by atoms with van der Waals surface area (Å²) in [6.45, 7) is 3.30. The summed E-state index contributed by atoms with van der Waals surface area (Å²) < 4.78 is 27.7. The third-order valence-corrected chi connectivity index (χ3v) is 6.28. The summed E-state index contributed by atoms with van der Waals surface area (Å²) in [6, 6.07) is 5.92. The Kier molecular flexibility index (Phi) is 4.35. The molecule has 0 atom stereocenters. The van der Waals surface area contributed by atoms with Crippen molar-refractivity contribution < 1.29 is 13.3 Å². The first kappa shape index (κ1) is 15.9. The standard InChI is InChI=1S/C12H11BrN2O4S2/c1-7-5-8(2)10(15(16)17)6-9(7)14-21(18,19)12-4-3-11(13)20-12/h3-6,14H,1-2H3. The molecule has 0 unspecified atom stereocenters. The summed E-state index contributed by atoms with van der Waals surface area (Å²) in [5.41, 5.74) is 1.19. The normalized spacial score (nSPS) is 11.4. The molecule has 1 aromatic heterocycles. The number of sulfonamides is 1. The van der Waals surface area contributed by atoms with Gasteiger partial charge in [-0.3, -0.25) is 14.8 Å². The topological polar surface area (TPSA) is 89.3 Å². The SMILES string of the molecule is Cc1cc(C)c([N+](=O)[O-])cc1NS(=O)(=O)c1ccc(Br)s1. The Balaban J connectivity index is 2.44. The van der Waals surface area contributed by atoms with Crippen molar-refractivity contribution in [1.82, 2.24) is 0 Å². The molecule has 2 aromatic rings. The van der Waals surface area contributed by atoms with Gasteiger partial charge in [-0.1, -0.05) is 0 Å². The number of anilines is 1. The fourth-order valence-corrected chi connectivity index (χ4v) is 4.92. The first-order valence-electron chi connectivity index (χ1n) is 5.74. The van der Waals surface area contributed by atoms with E-state index in [1.807, 2.05) is 0 Å². The zero-order valence-corrected chi connectivity index (χ0v) is 14.3. The van der Waals surface area contributed by atoms with Crippen molar-refractivity contribution in [3.8, 4) is 0 Å². The van der Waals surface area contributed by atoms with Crippen LogP contribution in [0.3, 0.4) is 0 Å². The van der Waals surface area contributed by atoms with Gasteiger partial charge in [0.05, 0.1) is 14.4 Å². The van der Waals surface area contributed by atoms with Gasteiger partial charge in [-0.25, -0.2) is 8.42 Å². The van der Waals surface area contributed by atoms with Crippen LogP contribution in [0, 0.1) is 24.0 Å². The van der Waals surface area contributed by atoms with Crippen molar-refractivity contribution in [1.29, 1.82) is 0 Å². The Labute approximate surface area is 134 Å². The van der Waals surface area contributed by atoms with Crippen LogP contribution in [0.5, 0.6) is 0 Å². The number of rotatable bonds is 4. The van der Waals surface area contributed by atoms with Crippen molar-refractivity contribution in [2.45, 2.75) is 18.1 Å². The second kappa shape index (κ2) is 5.74. The first-order valence-corrected chi connectivity index (χ1v) is 8.84. The molecule has 0 radical (unpaired) electrons. The molecule has 21 heavy (non-hydrogen) atoms. The van der Waals surface area contributed by atoms with E-state index in [9.17, 15) is 18.5 Å². The number of nitrogens with zero attached hydrogens (tertiary/aromatic N) is 1. The molecule has 112 valence electrons. The van der Waals surface area contributed by atoms with Crippen LogP contribution in [0.15, 0.2) is 32.3 Å². The molecule has 0 spiro atoms. The van der Waals surface area contributed by atoms with E-state index in [4.69, 9.17) is 0 Å². The molecule has 0 aliphatic carbocycles. The van der Waals surface area contributed by atoms with Crippen LogP contribution in [0.2, 0.25) is 0 Å². The minimum atomic E-state index is -3.75. The van der Waals surface area contributed by atoms with Gasteiger partial charge in [-0.2, -0.15) is 0 Å². The Morgan fingerprint density at radius 2 is 1.90 bits per heavy atom. The van der Waals surface area contributed by atoms with Gasteiger partial charge in [0.15, 0.2) is 0 Å². The van der Waals surface area contributed by atoms with E-state index in [0.717, 1.165) is 11.3 Å². The molecule has 0 aliphatic heterocycles. The van der Waals surface area contributed by atoms with Crippen LogP contribution >= 0.6 is 27.3 Å². The van der Waals surface area contributed by atoms with Crippen molar-refractivity contribution in [2.75, 3.05) is 4.72 Å². The number of benzene rings is 1. The minimum Gasteiger partial charge on any atom is -0.278 e. The molecule has 0 saturated carbocycles. The highest BCUT2D eigenvalue weighted by molar-refractivity contribution is 9.11.